The lowest BCUT2D eigenvalue weighted by atomic mass is 9.98. The van der Waals surface area contributed by atoms with Gasteiger partial charge in [0, 0.05) is 31.6 Å². The number of nitrogens with two attached hydrogens (primary N) is 1. The molecule has 0 spiro atoms. The zero-order valence-electron chi connectivity index (χ0n) is 12.9. The lowest BCUT2D eigenvalue weighted by Crippen LogP contribution is -2.60. The van der Waals surface area contributed by atoms with Crippen LogP contribution in [0.15, 0.2) is 16.7 Å². The third-order valence-electron chi connectivity index (χ3n) is 4.17. The number of halogens is 1. The highest BCUT2D eigenvalue weighted by atomic mass is 35.5. The molecule has 2 heterocycles. The predicted octanol–water partition coefficient (Wildman–Crippen LogP) is 2.51. The number of benzene rings is 1. The van der Waals surface area contributed by atoms with Crippen LogP contribution in [0.5, 0.6) is 0 Å². The molecule has 22 heavy (non-hydrogen) atoms. The van der Waals surface area contributed by atoms with Gasteiger partial charge in [0.25, 0.3) is 0 Å². The smallest absolute Gasteiger partial charge is 0.220 e. The van der Waals surface area contributed by atoms with Crippen LogP contribution in [0.25, 0.3) is 11.0 Å². The van der Waals surface area contributed by atoms with Gasteiger partial charge in [-0.05, 0) is 26.0 Å². The molecular formula is C15H19ClN4O2. The standard InChI is InChI=1S/C15H19ClN4O2/c1-9(21)20-5-4-19(8-15(20,2)3)12-7-10(16)6-11-13(12)22-18-14(11)17/h6-7H,4-5,8H2,1-3H3,(H2,17,18). The van der Waals surface area contributed by atoms with Crippen molar-refractivity contribution in [1.82, 2.24) is 10.1 Å². The molecule has 6 nitrogen and oxygen atoms in total. The quantitative estimate of drug-likeness (QED) is 0.873. The number of amides is 1. The van der Waals surface area contributed by atoms with Crippen molar-refractivity contribution in [1.29, 1.82) is 0 Å². The van der Waals surface area contributed by atoms with Crippen molar-refractivity contribution in [3.05, 3.63) is 17.2 Å². The predicted molar refractivity (Wildman–Crippen MR) is 87.1 cm³/mol. The van der Waals surface area contributed by atoms with Gasteiger partial charge in [0.15, 0.2) is 11.4 Å². The molecule has 0 radical (unpaired) electrons. The second-order valence-corrected chi connectivity index (χ2v) is 6.71. The van der Waals surface area contributed by atoms with Crippen LogP contribution < -0.4 is 10.6 Å². The topological polar surface area (TPSA) is 75.6 Å². The molecule has 1 saturated heterocycles. The Hall–Kier alpha value is -1.95. The Balaban J connectivity index is 2.01. The molecular weight excluding hydrogens is 304 g/mol. The van der Waals surface area contributed by atoms with Gasteiger partial charge in [0.1, 0.15) is 0 Å². The van der Waals surface area contributed by atoms with Crippen LogP contribution in [-0.4, -0.2) is 41.1 Å². The maximum atomic E-state index is 11.8. The third kappa shape index (κ3) is 2.37. The number of carbonyl (C=O) groups excluding carboxylic acids is 1. The van der Waals surface area contributed by atoms with Crippen molar-refractivity contribution >= 4 is 40.0 Å². The molecule has 0 saturated carbocycles. The maximum Gasteiger partial charge on any atom is 0.220 e. The summed E-state index contributed by atoms with van der Waals surface area (Å²) in [6.45, 7) is 7.75. The number of fused-ring (bicyclic) bond motifs is 1. The van der Waals surface area contributed by atoms with Crippen LogP contribution in [0, 0.1) is 0 Å². The van der Waals surface area contributed by atoms with Crippen molar-refractivity contribution < 1.29 is 9.32 Å². The van der Waals surface area contributed by atoms with Crippen molar-refractivity contribution in [2.75, 3.05) is 30.3 Å². The van der Waals surface area contributed by atoms with E-state index in [2.05, 4.69) is 23.9 Å². The van der Waals surface area contributed by atoms with E-state index in [1.807, 2.05) is 11.0 Å². The highest BCUT2D eigenvalue weighted by molar-refractivity contribution is 6.32. The number of hydrogen-bond acceptors (Lipinski definition) is 5. The summed E-state index contributed by atoms with van der Waals surface area (Å²) in [6, 6.07) is 3.61. The summed E-state index contributed by atoms with van der Waals surface area (Å²) in [4.78, 5) is 15.8. The summed E-state index contributed by atoms with van der Waals surface area (Å²) in [5.74, 6) is 0.421. The number of anilines is 2. The van der Waals surface area contributed by atoms with Crippen molar-refractivity contribution in [3.63, 3.8) is 0 Å². The zero-order chi connectivity index (χ0) is 16.1. The molecule has 118 valence electrons. The van der Waals surface area contributed by atoms with E-state index in [1.54, 1.807) is 13.0 Å². The Kier molecular flexibility index (Phi) is 3.44. The van der Waals surface area contributed by atoms with E-state index in [4.69, 9.17) is 21.9 Å². The number of aromatic nitrogens is 1. The summed E-state index contributed by atoms with van der Waals surface area (Å²) in [5.41, 5.74) is 7.05. The SMILES string of the molecule is CC(=O)N1CCN(c2cc(Cl)cc3c(N)noc23)CC1(C)C. The number of rotatable bonds is 1. The van der Waals surface area contributed by atoms with Crippen molar-refractivity contribution in [2.45, 2.75) is 26.3 Å². The molecule has 2 aromatic rings. The first-order valence-electron chi connectivity index (χ1n) is 7.17. The van der Waals surface area contributed by atoms with E-state index in [0.29, 0.717) is 41.4 Å². The summed E-state index contributed by atoms with van der Waals surface area (Å²) < 4.78 is 5.37. The van der Waals surface area contributed by atoms with Crippen LogP contribution >= 0.6 is 11.6 Å². The van der Waals surface area contributed by atoms with E-state index in [0.717, 1.165) is 5.69 Å². The number of carbonyl (C=O) groups is 1. The Bertz CT molecular complexity index is 740. The Morgan fingerprint density at radius 2 is 2.14 bits per heavy atom. The minimum atomic E-state index is -0.274. The van der Waals surface area contributed by atoms with Crippen LogP contribution in [0.3, 0.4) is 0 Å². The molecule has 3 rings (SSSR count). The molecule has 1 fully saturated rings. The fourth-order valence-electron chi connectivity index (χ4n) is 3.19. The molecule has 2 N–H and O–H groups in total. The first-order valence-corrected chi connectivity index (χ1v) is 7.55. The second-order valence-electron chi connectivity index (χ2n) is 6.27. The molecule has 0 bridgehead atoms. The Morgan fingerprint density at radius 1 is 1.41 bits per heavy atom. The number of hydrogen-bond donors (Lipinski definition) is 1. The van der Waals surface area contributed by atoms with Gasteiger partial charge in [-0.25, -0.2) is 0 Å². The molecule has 1 aromatic carbocycles. The molecule has 0 unspecified atom stereocenters. The number of nitrogens with zero attached hydrogens (tertiary/aromatic N) is 3. The fourth-order valence-corrected chi connectivity index (χ4v) is 3.40. The molecule has 7 heteroatoms. The molecule has 1 aliphatic rings. The van der Waals surface area contributed by atoms with Gasteiger partial charge in [-0.15, -0.1) is 0 Å². The average Bonchev–Trinajstić information content (AvgIpc) is 2.78. The van der Waals surface area contributed by atoms with Gasteiger partial charge in [-0.1, -0.05) is 16.8 Å². The first kappa shape index (κ1) is 15.0. The third-order valence-corrected chi connectivity index (χ3v) is 4.39. The van der Waals surface area contributed by atoms with Gasteiger partial charge in [-0.2, -0.15) is 0 Å². The summed E-state index contributed by atoms with van der Waals surface area (Å²) in [5, 5.41) is 5.13. The highest BCUT2D eigenvalue weighted by Gasteiger charge is 2.36. The van der Waals surface area contributed by atoms with Gasteiger partial charge >= 0.3 is 0 Å². The average molecular weight is 323 g/mol. The minimum Gasteiger partial charge on any atom is -0.380 e. The fraction of sp³-hybridized carbons (Fsp3) is 0.467. The van der Waals surface area contributed by atoms with Crippen LogP contribution in [-0.2, 0) is 4.79 Å². The van der Waals surface area contributed by atoms with Gasteiger partial charge in [0.05, 0.1) is 16.6 Å². The van der Waals surface area contributed by atoms with Gasteiger partial charge in [0.2, 0.25) is 5.91 Å². The van der Waals surface area contributed by atoms with Gasteiger partial charge in [-0.3, -0.25) is 4.79 Å². The normalized spacial score (nSPS) is 18.0. The molecule has 1 aromatic heterocycles. The van der Waals surface area contributed by atoms with Crippen LogP contribution in [0.2, 0.25) is 5.02 Å². The summed E-state index contributed by atoms with van der Waals surface area (Å²) >= 11 is 6.21. The van der Waals surface area contributed by atoms with Crippen molar-refractivity contribution in [3.8, 4) is 0 Å². The molecule has 0 atom stereocenters. The second kappa shape index (κ2) is 5.05. The number of piperazine rings is 1. The van der Waals surface area contributed by atoms with E-state index >= 15 is 0 Å². The Labute approximate surface area is 133 Å². The first-order chi connectivity index (χ1) is 10.3. The monoisotopic (exact) mass is 322 g/mol. The molecule has 1 aliphatic heterocycles. The lowest BCUT2D eigenvalue weighted by molar-refractivity contribution is -0.134. The minimum absolute atomic E-state index is 0.0878. The summed E-state index contributed by atoms with van der Waals surface area (Å²) in [7, 11) is 0. The van der Waals surface area contributed by atoms with E-state index in [-0.39, 0.29) is 11.4 Å². The van der Waals surface area contributed by atoms with E-state index < -0.39 is 0 Å². The Morgan fingerprint density at radius 3 is 2.77 bits per heavy atom. The van der Waals surface area contributed by atoms with Crippen molar-refractivity contribution in [2.24, 2.45) is 0 Å². The summed E-state index contributed by atoms with van der Waals surface area (Å²) in [6.07, 6.45) is 0. The maximum absolute atomic E-state index is 11.8. The number of nitrogen functional groups attached to an aromatic ring is 1. The van der Waals surface area contributed by atoms with E-state index in [1.165, 1.54) is 0 Å². The van der Waals surface area contributed by atoms with E-state index in [9.17, 15) is 4.79 Å². The van der Waals surface area contributed by atoms with Crippen LogP contribution in [0.4, 0.5) is 11.5 Å². The molecule has 1 amide bonds. The lowest BCUT2D eigenvalue weighted by Gasteiger charge is -2.47. The van der Waals surface area contributed by atoms with Gasteiger partial charge < -0.3 is 20.1 Å². The zero-order valence-corrected chi connectivity index (χ0v) is 13.6. The highest BCUT2D eigenvalue weighted by Crippen LogP contribution is 2.36. The largest absolute Gasteiger partial charge is 0.380 e. The van der Waals surface area contributed by atoms with Crippen LogP contribution in [0.1, 0.15) is 20.8 Å². The molecule has 0 aliphatic carbocycles.